The number of hydrogen-bond acceptors (Lipinski definition) is 5. The Bertz CT molecular complexity index is 1180. The van der Waals surface area contributed by atoms with Crippen molar-refractivity contribution in [2.45, 2.75) is 45.4 Å². The molecule has 0 heterocycles. The van der Waals surface area contributed by atoms with Crippen LogP contribution in [0.1, 0.15) is 43.5 Å². The van der Waals surface area contributed by atoms with E-state index < -0.39 is 42.2 Å². The molecule has 2 unspecified atom stereocenters. The van der Waals surface area contributed by atoms with Crippen LogP contribution in [-0.2, 0) is 14.3 Å². The van der Waals surface area contributed by atoms with Crippen LogP contribution in [0.2, 0.25) is 5.02 Å². The van der Waals surface area contributed by atoms with Gasteiger partial charge in [0.15, 0.2) is 0 Å². The maximum absolute atomic E-state index is 13.8. The fourth-order valence-electron chi connectivity index (χ4n) is 3.60. The van der Waals surface area contributed by atoms with E-state index in [-0.39, 0.29) is 6.54 Å². The molecule has 196 valence electrons. The van der Waals surface area contributed by atoms with E-state index >= 15 is 0 Å². The van der Waals surface area contributed by atoms with E-state index in [0.717, 1.165) is 0 Å². The lowest BCUT2D eigenvalue weighted by molar-refractivity contribution is -0.140. The van der Waals surface area contributed by atoms with Crippen molar-refractivity contribution in [3.05, 3.63) is 76.8 Å². The number of aryl methyl sites for hydroxylation is 1. The predicted octanol–water partition coefficient (Wildman–Crippen LogP) is 4.21. The molecule has 3 N–H and O–H groups in total. The average molecular weight is 526 g/mol. The van der Waals surface area contributed by atoms with E-state index in [1.54, 1.807) is 70.2 Å². The molecule has 8 nitrogen and oxygen atoms in total. The van der Waals surface area contributed by atoms with Gasteiger partial charge in [-0.15, -0.1) is 13.0 Å². The van der Waals surface area contributed by atoms with Gasteiger partial charge < -0.3 is 25.4 Å². The van der Waals surface area contributed by atoms with Crippen LogP contribution in [0.5, 0.6) is 0 Å². The predicted molar refractivity (Wildman–Crippen MR) is 144 cm³/mol. The van der Waals surface area contributed by atoms with Crippen molar-refractivity contribution in [2.24, 2.45) is 0 Å². The molecule has 9 heteroatoms. The number of nitrogens with one attached hydrogen (secondary N) is 2. The topological polar surface area (TPSA) is 108 Å². The number of aliphatic hydroxyl groups is 1. The SMILES string of the molecule is C#Cc1ccccc1C(C(=O)Nc1c(C)cccc1Cl)N(CC=C)C(=O)C(CO)NC(=O)OC(C)(C)C. The number of ether oxygens (including phenoxy) is 1. The minimum Gasteiger partial charge on any atom is -0.444 e. The van der Waals surface area contributed by atoms with E-state index in [0.29, 0.717) is 27.4 Å². The van der Waals surface area contributed by atoms with Crippen LogP contribution in [0.3, 0.4) is 0 Å². The number of hydrogen-bond donors (Lipinski definition) is 3. The lowest BCUT2D eigenvalue weighted by Gasteiger charge is -2.34. The highest BCUT2D eigenvalue weighted by Crippen LogP contribution is 2.30. The Hall–Kier alpha value is -3.80. The van der Waals surface area contributed by atoms with Crippen LogP contribution in [0.4, 0.5) is 10.5 Å². The van der Waals surface area contributed by atoms with Crippen molar-refractivity contribution in [3.63, 3.8) is 0 Å². The number of nitrogens with zero attached hydrogens (tertiary/aromatic N) is 1. The molecule has 0 aliphatic heterocycles. The van der Waals surface area contributed by atoms with E-state index in [2.05, 4.69) is 23.1 Å². The summed E-state index contributed by atoms with van der Waals surface area (Å²) in [6.45, 7) is 9.66. The summed E-state index contributed by atoms with van der Waals surface area (Å²) in [5.41, 5.74) is 1.03. The Balaban J connectivity index is 2.56. The number of carbonyl (C=O) groups excluding carboxylic acids is 3. The summed E-state index contributed by atoms with van der Waals surface area (Å²) in [6, 6.07) is 9.21. The molecule has 0 aliphatic rings. The molecule has 0 spiro atoms. The summed E-state index contributed by atoms with van der Waals surface area (Å²) >= 11 is 6.33. The number of carbonyl (C=O) groups is 3. The maximum Gasteiger partial charge on any atom is 0.408 e. The number of benzene rings is 2. The second kappa shape index (κ2) is 12.9. The molecule has 0 bridgehead atoms. The highest BCUT2D eigenvalue weighted by Gasteiger charge is 2.36. The molecule has 2 rings (SSSR count). The largest absolute Gasteiger partial charge is 0.444 e. The average Bonchev–Trinajstić information content (AvgIpc) is 2.83. The molecule has 2 atom stereocenters. The number of anilines is 1. The van der Waals surface area contributed by atoms with Gasteiger partial charge in [0.25, 0.3) is 5.91 Å². The van der Waals surface area contributed by atoms with Crippen LogP contribution in [0, 0.1) is 19.3 Å². The third kappa shape index (κ3) is 7.84. The van der Waals surface area contributed by atoms with Gasteiger partial charge in [-0.2, -0.15) is 0 Å². The number of rotatable bonds is 9. The number of para-hydroxylation sites is 1. The fourth-order valence-corrected chi connectivity index (χ4v) is 3.87. The van der Waals surface area contributed by atoms with Crippen LogP contribution in [0.15, 0.2) is 55.1 Å². The van der Waals surface area contributed by atoms with Gasteiger partial charge in [0.2, 0.25) is 5.91 Å². The number of amides is 3. The Morgan fingerprint density at radius 1 is 1.22 bits per heavy atom. The summed E-state index contributed by atoms with van der Waals surface area (Å²) in [5.74, 6) is 1.21. The Labute approximate surface area is 222 Å². The molecule has 3 amide bonds. The van der Waals surface area contributed by atoms with Gasteiger partial charge in [-0.25, -0.2) is 4.79 Å². The summed E-state index contributed by atoms with van der Waals surface area (Å²) in [4.78, 5) is 41.0. The number of halogens is 1. The second-order valence-electron chi connectivity index (χ2n) is 9.22. The summed E-state index contributed by atoms with van der Waals surface area (Å²) < 4.78 is 5.22. The van der Waals surface area contributed by atoms with Gasteiger partial charge in [0.05, 0.1) is 17.3 Å². The lowest BCUT2D eigenvalue weighted by Crippen LogP contribution is -2.54. The molecule has 0 radical (unpaired) electrons. The zero-order valence-corrected chi connectivity index (χ0v) is 22.1. The third-order valence-corrected chi connectivity index (χ3v) is 5.54. The zero-order chi connectivity index (χ0) is 27.8. The van der Waals surface area contributed by atoms with Crippen LogP contribution >= 0.6 is 11.6 Å². The van der Waals surface area contributed by atoms with Crippen molar-refractivity contribution < 1.29 is 24.2 Å². The van der Waals surface area contributed by atoms with Crippen LogP contribution in [0.25, 0.3) is 0 Å². The normalized spacial score (nSPS) is 12.5. The van der Waals surface area contributed by atoms with Crippen LogP contribution < -0.4 is 10.6 Å². The number of alkyl carbamates (subject to hydrolysis) is 1. The monoisotopic (exact) mass is 525 g/mol. The van der Waals surface area contributed by atoms with Gasteiger partial charge in [-0.3, -0.25) is 9.59 Å². The fraction of sp³-hybridized carbons (Fsp3) is 0.321. The van der Waals surface area contributed by atoms with E-state index in [9.17, 15) is 19.5 Å². The molecule has 37 heavy (non-hydrogen) atoms. The molecular formula is C28H32ClN3O5. The van der Waals surface area contributed by atoms with E-state index in [1.165, 1.54) is 11.0 Å². The number of aliphatic hydroxyl groups excluding tert-OH is 1. The van der Waals surface area contributed by atoms with E-state index in [4.69, 9.17) is 22.8 Å². The summed E-state index contributed by atoms with van der Waals surface area (Å²) in [6.07, 6.45) is 6.25. The quantitative estimate of drug-likeness (QED) is 0.336. The van der Waals surface area contributed by atoms with E-state index in [1.807, 2.05) is 0 Å². The van der Waals surface area contributed by atoms with Crippen LogP contribution in [-0.4, -0.2) is 52.7 Å². The lowest BCUT2D eigenvalue weighted by atomic mass is 9.97. The second-order valence-corrected chi connectivity index (χ2v) is 9.62. The van der Waals surface area contributed by atoms with Crippen molar-refractivity contribution >= 4 is 35.2 Å². The molecule has 2 aromatic carbocycles. The third-order valence-electron chi connectivity index (χ3n) is 5.22. The van der Waals surface area contributed by atoms with Gasteiger partial charge in [0.1, 0.15) is 17.7 Å². The summed E-state index contributed by atoms with van der Waals surface area (Å²) in [5, 5.41) is 15.5. The molecule has 0 fully saturated rings. The first-order chi connectivity index (χ1) is 17.4. The highest BCUT2D eigenvalue weighted by atomic mass is 35.5. The maximum atomic E-state index is 13.8. The minimum atomic E-state index is -1.40. The zero-order valence-electron chi connectivity index (χ0n) is 21.4. The number of terminal acetylenes is 1. The minimum absolute atomic E-state index is 0.0934. The standard InChI is InChI=1S/C28H32ClN3O5/c1-7-16-32(26(35)22(17-33)30-27(36)37-28(4,5)6)24(20-14-10-9-13-19(20)8-2)25(34)31-23-18(3)12-11-15-21(23)29/h2,7,9-15,22,24,33H,1,16-17H2,3-6H3,(H,30,36)(H,31,34). The van der Waals surface area contributed by atoms with Gasteiger partial charge in [0, 0.05) is 12.1 Å². The smallest absolute Gasteiger partial charge is 0.408 e. The van der Waals surface area contributed by atoms with Gasteiger partial charge in [-0.1, -0.05) is 53.9 Å². The first kappa shape index (κ1) is 29.4. The van der Waals surface area contributed by atoms with Crippen molar-refractivity contribution in [1.82, 2.24) is 10.2 Å². The summed E-state index contributed by atoms with van der Waals surface area (Å²) in [7, 11) is 0. The van der Waals surface area contributed by atoms with Crippen molar-refractivity contribution in [1.29, 1.82) is 0 Å². The Morgan fingerprint density at radius 3 is 2.46 bits per heavy atom. The molecule has 0 aromatic heterocycles. The van der Waals surface area contributed by atoms with Crippen molar-refractivity contribution in [3.8, 4) is 12.3 Å². The molecule has 0 aliphatic carbocycles. The highest BCUT2D eigenvalue weighted by molar-refractivity contribution is 6.34. The van der Waals surface area contributed by atoms with Crippen molar-refractivity contribution in [2.75, 3.05) is 18.5 Å². The molecule has 0 saturated carbocycles. The molecule has 2 aromatic rings. The molecular weight excluding hydrogens is 494 g/mol. The first-order valence-electron chi connectivity index (χ1n) is 11.6. The van der Waals surface area contributed by atoms with Gasteiger partial charge >= 0.3 is 6.09 Å². The Kier molecular flexibility index (Phi) is 10.3. The first-order valence-corrected chi connectivity index (χ1v) is 11.9. The van der Waals surface area contributed by atoms with Gasteiger partial charge in [-0.05, 0) is 51.0 Å². The molecule has 0 saturated heterocycles. The Morgan fingerprint density at radius 2 is 1.89 bits per heavy atom.